The fourth-order valence-electron chi connectivity index (χ4n) is 2.75. The van der Waals surface area contributed by atoms with Crippen molar-refractivity contribution in [1.82, 2.24) is 5.32 Å². The van der Waals surface area contributed by atoms with Gasteiger partial charge in [0.15, 0.2) is 0 Å². The first-order valence-electron chi connectivity index (χ1n) is 7.72. The molecule has 112 valence electrons. The van der Waals surface area contributed by atoms with E-state index in [2.05, 4.69) is 18.3 Å². The highest BCUT2D eigenvalue weighted by Gasteiger charge is 2.16. The summed E-state index contributed by atoms with van der Waals surface area (Å²) >= 11 is 0. The average Bonchev–Trinajstić information content (AvgIpc) is 2.49. The Balaban J connectivity index is 1.57. The van der Waals surface area contributed by atoms with Crippen LogP contribution in [0, 0.1) is 5.92 Å². The highest BCUT2D eigenvalue weighted by molar-refractivity contribution is 5.27. The molecule has 1 aliphatic carbocycles. The van der Waals surface area contributed by atoms with Crippen LogP contribution in [0.3, 0.4) is 0 Å². The van der Waals surface area contributed by atoms with Gasteiger partial charge in [0.2, 0.25) is 0 Å². The molecular weight excluding hydrogens is 250 g/mol. The first-order valence-corrected chi connectivity index (χ1v) is 7.72. The smallest absolute Gasteiger partial charge is 0.119 e. The lowest BCUT2D eigenvalue weighted by atomic mass is 9.87. The second-order valence-electron chi connectivity index (χ2n) is 5.82. The van der Waals surface area contributed by atoms with E-state index in [0.29, 0.717) is 12.6 Å². The number of methoxy groups -OCH3 is 1. The van der Waals surface area contributed by atoms with Gasteiger partial charge < -0.3 is 14.8 Å². The van der Waals surface area contributed by atoms with Gasteiger partial charge in [-0.15, -0.1) is 0 Å². The first-order chi connectivity index (χ1) is 9.78. The second-order valence-corrected chi connectivity index (χ2v) is 5.82. The molecule has 1 aromatic rings. The topological polar surface area (TPSA) is 30.5 Å². The van der Waals surface area contributed by atoms with Crippen LogP contribution < -0.4 is 10.1 Å². The predicted octanol–water partition coefficient (Wildman–Crippen LogP) is 3.38. The molecule has 1 saturated carbocycles. The maximum absolute atomic E-state index is 5.71. The summed E-state index contributed by atoms with van der Waals surface area (Å²) in [4.78, 5) is 0. The zero-order valence-corrected chi connectivity index (χ0v) is 12.7. The van der Waals surface area contributed by atoms with Crippen molar-refractivity contribution >= 4 is 0 Å². The maximum atomic E-state index is 5.71. The molecule has 0 aromatic heterocycles. The van der Waals surface area contributed by atoms with Crippen LogP contribution in [0.4, 0.5) is 0 Å². The maximum Gasteiger partial charge on any atom is 0.119 e. The summed E-state index contributed by atoms with van der Waals surface area (Å²) in [6.07, 6.45) is 5.36. The molecule has 0 atom stereocenters. The summed E-state index contributed by atoms with van der Waals surface area (Å²) in [5.41, 5.74) is 1.16. The van der Waals surface area contributed by atoms with E-state index in [1.54, 1.807) is 7.11 Å². The zero-order chi connectivity index (χ0) is 14.2. The van der Waals surface area contributed by atoms with Crippen LogP contribution in [-0.4, -0.2) is 26.3 Å². The van der Waals surface area contributed by atoms with Crippen LogP contribution in [-0.2, 0) is 11.3 Å². The molecule has 0 heterocycles. The highest BCUT2D eigenvalue weighted by Crippen LogP contribution is 2.23. The number of rotatable bonds is 7. The monoisotopic (exact) mass is 277 g/mol. The molecule has 0 spiro atoms. The molecule has 0 radical (unpaired) electrons. The van der Waals surface area contributed by atoms with Crippen LogP contribution in [0.25, 0.3) is 0 Å². The van der Waals surface area contributed by atoms with Gasteiger partial charge in [-0.05, 0) is 49.3 Å². The molecule has 2 rings (SSSR count). The Morgan fingerprint density at radius 2 is 2.00 bits per heavy atom. The first kappa shape index (κ1) is 15.3. The SMILES string of the molecule is COc1cccc(COCCNC2CCC(C)CC2)c1. The standard InChI is InChI=1S/C17H27NO2/c1-14-6-8-16(9-7-14)18-10-11-20-13-15-4-3-5-17(12-15)19-2/h3-5,12,14,16,18H,6-11,13H2,1-2H3. The molecule has 1 N–H and O–H groups in total. The fourth-order valence-corrected chi connectivity index (χ4v) is 2.75. The molecule has 0 unspecified atom stereocenters. The summed E-state index contributed by atoms with van der Waals surface area (Å²) in [5.74, 6) is 1.80. The minimum Gasteiger partial charge on any atom is -0.497 e. The van der Waals surface area contributed by atoms with Crippen molar-refractivity contribution in [2.45, 2.75) is 45.3 Å². The van der Waals surface area contributed by atoms with Crippen LogP contribution in [0.15, 0.2) is 24.3 Å². The largest absolute Gasteiger partial charge is 0.497 e. The molecule has 0 aliphatic heterocycles. The molecule has 0 bridgehead atoms. The third-order valence-electron chi connectivity index (χ3n) is 4.10. The lowest BCUT2D eigenvalue weighted by Gasteiger charge is -2.26. The summed E-state index contributed by atoms with van der Waals surface area (Å²) in [5, 5.41) is 3.60. The Morgan fingerprint density at radius 1 is 1.20 bits per heavy atom. The molecule has 0 saturated heterocycles. The number of benzene rings is 1. The van der Waals surface area contributed by atoms with Gasteiger partial charge in [0.25, 0.3) is 0 Å². The van der Waals surface area contributed by atoms with E-state index < -0.39 is 0 Å². The number of hydrogen-bond acceptors (Lipinski definition) is 3. The van der Waals surface area contributed by atoms with E-state index in [1.165, 1.54) is 25.7 Å². The number of nitrogens with one attached hydrogen (secondary N) is 1. The molecule has 1 fully saturated rings. The zero-order valence-electron chi connectivity index (χ0n) is 12.7. The van der Waals surface area contributed by atoms with Gasteiger partial charge in [0.05, 0.1) is 20.3 Å². The second kappa shape index (κ2) is 8.28. The molecule has 3 heteroatoms. The Labute approximate surface area is 122 Å². The van der Waals surface area contributed by atoms with E-state index in [0.717, 1.165) is 30.4 Å². The molecule has 0 amide bonds. The Hall–Kier alpha value is -1.06. The van der Waals surface area contributed by atoms with E-state index in [9.17, 15) is 0 Å². The van der Waals surface area contributed by atoms with E-state index in [4.69, 9.17) is 9.47 Å². The quantitative estimate of drug-likeness (QED) is 0.775. The molecule has 3 nitrogen and oxygen atoms in total. The lowest BCUT2D eigenvalue weighted by molar-refractivity contribution is 0.118. The third-order valence-corrected chi connectivity index (χ3v) is 4.10. The van der Waals surface area contributed by atoms with Crippen molar-refractivity contribution < 1.29 is 9.47 Å². The van der Waals surface area contributed by atoms with E-state index in [-0.39, 0.29) is 0 Å². The minimum absolute atomic E-state index is 0.653. The lowest BCUT2D eigenvalue weighted by Crippen LogP contribution is -2.34. The van der Waals surface area contributed by atoms with Crippen molar-refractivity contribution in [3.8, 4) is 5.75 Å². The van der Waals surface area contributed by atoms with Gasteiger partial charge in [-0.25, -0.2) is 0 Å². The molecule has 20 heavy (non-hydrogen) atoms. The normalized spacial score (nSPS) is 22.7. The van der Waals surface area contributed by atoms with Gasteiger partial charge in [-0.3, -0.25) is 0 Å². The van der Waals surface area contributed by atoms with Crippen LogP contribution in [0.5, 0.6) is 5.75 Å². The van der Waals surface area contributed by atoms with Gasteiger partial charge in [0.1, 0.15) is 5.75 Å². The third kappa shape index (κ3) is 5.14. The van der Waals surface area contributed by atoms with Gasteiger partial charge in [-0.1, -0.05) is 19.1 Å². The van der Waals surface area contributed by atoms with E-state index in [1.807, 2.05) is 18.2 Å². The van der Waals surface area contributed by atoms with Crippen LogP contribution in [0.1, 0.15) is 38.2 Å². The van der Waals surface area contributed by atoms with Gasteiger partial charge in [0, 0.05) is 12.6 Å². The molecule has 1 aromatic carbocycles. The minimum atomic E-state index is 0.653. The predicted molar refractivity (Wildman–Crippen MR) is 82.1 cm³/mol. The molecular formula is C17H27NO2. The molecule has 1 aliphatic rings. The van der Waals surface area contributed by atoms with Crippen molar-refractivity contribution in [2.24, 2.45) is 5.92 Å². The van der Waals surface area contributed by atoms with Crippen LogP contribution >= 0.6 is 0 Å². The Kier molecular flexibility index (Phi) is 6.34. The van der Waals surface area contributed by atoms with Gasteiger partial charge >= 0.3 is 0 Å². The van der Waals surface area contributed by atoms with Crippen molar-refractivity contribution in [1.29, 1.82) is 0 Å². The van der Waals surface area contributed by atoms with Crippen molar-refractivity contribution in [2.75, 3.05) is 20.3 Å². The van der Waals surface area contributed by atoms with Crippen molar-refractivity contribution in [3.05, 3.63) is 29.8 Å². The summed E-state index contributed by atoms with van der Waals surface area (Å²) in [6.45, 7) is 4.72. The van der Waals surface area contributed by atoms with Crippen LogP contribution in [0.2, 0.25) is 0 Å². The highest BCUT2D eigenvalue weighted by atomic mass is 16.5. The Morgan fingerprint density at radius 3 is 2.75 bits per heavy atom. The fraction of sp³-hybridized carbons (Fsp3) is 0.647. The summed E-state index contributed by atoms with van der Waals surface area (Å²) in [6, 6.07) is 8.74. The number of ether oxygens (including phenoxy) is 2. The summed E-state index contributed by atoms with van der Waals surface area (Å²) < 4.78 is 10.9. The van der Waals surface area contributed by atoms with Crippen molar-refractivity contribution in [3.63, 3.8) is 0 Å². The summed E-state index contributed by atoms with van der Waals surface area (Å²) in [7, 11) is 1.69. The average molecular weight is 277 g/mol. The Bertz CT molecular complexity index is 386. The number of hydrogen-bond donors (Lipinski definition) is 1. The van der Waals surface area contributed by atoms with Gasteiger partial charge in [-0.2, -0.15) is 0 Å². The van der Waals surface area contributed by atoms with E-state index >= 15 is 0 Å².